The van der Waals surface area contributed by atoms with Crippen LogP contribution < -0.4 is 24.4 Å². The van der Waals surface area contributed by atoms with E-state index in [9.17, 15) is 14.4 Å². The van der Waals surface area contributed by atoms with Crippen molar-refractivity contribution in [3.05, 3.63) is 42.0 Å². The summed E-state index contributed by atoms with van der Waals surface area (Å²) in [5, 5.41) is 2.78. The van der Waals surface area contributed by atoms with Crippen molar-refractivity contribution in [1.82, 2.24) is 0 Å². The number of rotatable bonds is 5. The molecule has 0 radical (unpaired) electrons. The van der Waals surface area contributed by atoms with Gasteiger partial charge in [-0.25, -0.2) is 0 Å². The van der Waals surface area contributed by atoms with E-state index < -0.39 is 5.92 Å². The van der Waals surface area contributed by atoms with Crippen LogP contribution in [0.5, 0.6) is 17.2 Å². The Hall–Kier alpha value is -3.55. The van der Waals surface area contributed by atoms with E-state index in [0.717, 1.165) is 0 Å². The summed E-state index contributed by atoms with van der Waals surface area (Å²) in [7, 11) is 1.53. The van der Waals surface area contributed by atoms with Gasteiger partial charge in [-0.05, 0) is 25.1 Å². The number of Topliss-reactive ketones (excluding diaryl/α,β-unsaturated/α-hetero) is 1. The highest BCUT2D eigenvalue weighted by atomic mass is 16.7. The third-order valence-electron chi connectivity index (χ3n) is 5.02. The number of hydrogen-bond acceptors (Lipinski definition) is 6. The van der Waals surface area contributed by atoms with E-state index in [2.05, 4.69) is 5.32 Å². The van der Waals surface area contributed by atoms with Crippen LogP contribution in [0.25, 0.3) is 0 Å². The van der Waals surface area contributed by atoms with Gasteiger partial charge in [0.1, 0.15) is 5.75 Å². The molecule has 1 unspecified atom stereocenters. The number of para-hydroxylation sites is 2. The fourth-order valence-corrected chi connectivity index (χ4v) is 3.54. The fourth-order valence-electron chi connectivity index (χ4n) is 3.54. The number of benzene rings is 2. The van der Waals surface area contributed by atoms with Crippen LogP contribution in [0.3, 0.4) is 0 Å². The number of fused-ring (bicyclic) bond motifs is 1. The highest BCUT2D eigenvalue weighted by Crippen LogP contribution is 2.38. The molecular formula is C21H20N2O6. The summed E-state index contributed by atoms with van der Waals surface area (Å²) < 4.78 is 16.0. The lowest BCUT2D eigenvalue weighted by Gasteiger charge is -2.19. The molecule has 0 bridgehead atoms. The molecule has 2 aliphatic rings. The van der Waals surface area contributed by atoms with Gasteiger partial charge in [-0.15, -0.1) is 0 Å². The lowest BCUT2D eigenvalue weighted by atomic mass is 10.1. The molecule has 1 saturated heterocycles. The normalized spacial score (nSPS) is 17.4. The summed E-state index contributed by atoms with van der Waals surface area (Å²) in [6, 6.07) is 10.3. The molecule has 0 aliphatic carbocycles. The molecule has 1 N–H and O–H groups in total. The van der Waals surface area contributed by atoms with Gasteiger partial charge in [-0.1, -0.05) is 12.1 Å². The van der Waals surface area contributed by atoms with Crippen molar-refractivity contribution in [1.29, 1.82) is 0 Å². The summed E-state index contributed by atoms with van der Waals surface area (Å²) in [4.78, 5) is 39.0. The Balaban J connectivity index is 1.54. The number of carbonyl (C=O) groups excluding carboxylic acids is 3. The molecule has 8 nitrogen and oxygen atoms in total. The maximum atomic E-state index is 12.9. The Labute approximate surface area is 167 Å². The van der Waals surface area contributed by atoms with Crippen molar-refractivity contribution in [2.45, 2.75) is 13.3 Å². The molecule has 0 saturated carbocycles. The number of ether oxygens (including phenoxy) is 3. The average Bonchev–Trinajstić information content (AvgIpc) is 3.33. The van der Waals surface area contributed by atoms with Crippen LogP contribution in [0, 0.1) is 5.92 Å². The van der Waals surface area contributed by atoms with Gasteiger partial charge < -0.3 is 24.4 Å². The smallest absolute Gasteiger partial charge is 0.231 e. The molecule has 1 fully saturated rings. The van der Waals surface area contributed by atoms with E-state index in [1.807, 2.05) is 12.1 Å². The van der Waals surface area contributed by atoms with E-state index in [0.29, 0.717) is 34.2 Å². The second-order valence-electron chi connectivity index (χ2n) is 6.87. The topological polar surface area (TPSA) is 94.2 Å². The number of anilines is 2. The maximum Gasteiger partial charge on any atom is 0.231 e. The lowest BCUT2D eigenvalue weighted by Crippen LogP contribution is -2.28. The minimum Gasteiger partial charge on any atom is -0.495 e. The van der Waals surface area contributed by atoms with Gasteiger partial charge >= 0.3 is 0 Å². The average molecular weight is 396 g/mol. The van der Waals surface area contributed by atoms with Crippen molar-refractivity contribution < 1.29 is 28.6 Å². The minimum absolute atomic E-state index is 0.0646. The Morgan fingerprint density at radius 1 is 1.17 bits per heavy atom. The van der Waals surface area contributed by atoms with Crippen LogP contribution in [0.15, 0.2) is 36.4 Å². The number of hydrogen-bond donors (Lipinski definition) is 1. The number of methoxy groups -OCH3 is 1. The third-order valence-corrected chi connectivity index (χ3v) is 5.02. The molecule has 150 valence electrons. The Bertz CT molecular complexity index is 1000. The van der Waals surface area contributed by atoms with Crippen molar-refractivity contribution in [2.75, 3.05) is 30.7 Å². The summed E-state index contributed by atoms with van der Waals surface area (Å²) in [6.45, 7) is 1.70. The summed E-state index contributed by atoms with van der Waals surface area (Å²) in [5.41, 5.74) is 1.30. The number of ketones is 1. The predicted molar refractivity (Wildman–Crippen MR) is 105 cm³/mol. The molecule has 2 amide bonds. The zero-order valence-electron chi connectivity index (χ0n) is 16.1. The van der Waals surface area contributed by atoms with E-state index in [1.54, 1.807) is 29.2 Å². The van der Waals surface area contributed by atoms with Crippen molar-refractivity contribution >= 4 is 29.0 Å². The Morgan fingerprint density at radius 2 is 1.90 bits per heavy atom. The molecule has 8 heteroatoms. The minimum atomic E-state index is -0.558. The van der Waals surface area contributed by atoms with E-state index in [4.69, 9.17) is 14.2 Å². The van der Waals surface area contributed by atoms with Gasteiger partial charge in [0.25, 0.3) is 0 Å². The van der Waals surface area contributed by atoms with E-state index in [-0.39, 0.29) is 37.4 Å². The molecule has 2 aromatic carbocycles. The lowest BCUT2D eigenvalue weighted by molar-refractivity contribution is -0.122. The first-order valence-electron chi connectivity index (χ1n) is 9.16. The van der Waals surface area contributed by atoms with Crippen molar-refractivity contribution in [2.24, 2.45) is 5.92 Å². The van der Waals surface area contributed by atoms with Gasteiger partial charge in [0.2, 0.25) is 18.6 Å². The number of amides is 2. The van der Waals surface area contributed by atoms with Crippen LogP contribution in [0.2, 0.25) is 0 Å². The Kier molecular flexibility index (Phi) is 4.84. The summed E-state index contributed by atoms with van der Waals surface area (Å²) in [6.07, 6.45) is 0.0733. The highest BCUT2D eigenvalue weighted by Gasteiger charge is 2.36. The predicted octanol–water partition coefficient (Wildman–Crippen LogP) is 2.62. The van der Waals surface area contributed by atoms with Crippen LogP contribution in [0.4, 0.5) is 11.4 Å². The van der Waals surface area contributed by atoms with Crippen LogP contribution in [0.1, 0.15) is 23.7 Å². The van der Waals surface area contributed by atoms with Crippen LogP contribution in [-0.2, 0) is 9.59 Å². The van der Waals surface area contributed by atoms with Crippen LogP contribution >= 0.6 is 0 Å². The van der Waals surface area contributed by atoms with Gasteiger partial charge in [0.05, 0.1) is 24.4 Å². The van der Waals surface area contributed by atoms with Gasteiger partial charge in [0, 0.05) is 24.6 Å². The first kappa shape index (κ1) is 18.8. The van der Waals surface area contributed by atoms with Gasteiger partial charge in [-0.3, -0.25) is 14.4 Å². The zero-order valence-corrected chi connectivity index (χ0v) is 16.1. The molecule has 2 aromatic rings. The summed E-state index contributed by atoms with van der Waals surface area (Å²) >= 11 is 0. The first-order valence-corrected chi connectivity index (χ1v) is 9.16. The monoisotopic (exact) mass is 396 g/mol. The molecule has 2 heterocycles. The zero-order chi connectivity index (χ0) is 20.5. The largest absolute Gasteiger partial charge is 0.495 e. The number of carbonyl (C=O) groups is 3. The first-order chi connectivity index (χ1) is 14.0. The van der Waals surface area contributed by atoms with E-state index in [1.165, 1.54) is 14.0 Å². The van der Waals surface area contributed by atoms with Gasteiger partial charge in [-0.2, -0.15) is 0 Å². The van der Waals surface area contributed by atoms with Crippen molar-refractivity contribution in [3.63, 3.8) is 0 Å². The molecular weight excluding hydrogens is 376 g/mol. The Morgan fingerprint density at radius 3 is 2.62 bits per heavy atom. The molecule has 0 spiro atoms. The third kappa shape index (κ3) is 3.49. The highest BCUT2D eigenvalue weighted by molar-refractivity contribution is 6.08. The number of nitrogens with zero attached hydrogens (tertiary/aromatic N) is 1. The molecule has 1 atom stereocenters. The molecule has 4 rings (SSSR count). The summed E-state index contributed by atoms with van der Waals surface area (Å²) in [5.74, 6) is 0.227. The standard InChI is InChI=1S/C21H20N2O6/c1-12(24)14-8-18-19(29-11-28-18)9-15(14)22-21(26)13-7-20(25)23(10-13)16-5-3-4-6-17(16)27-2/h3-6,8-9,13H,7,10-11H2,1-2H3,(H,22,26). The molecule has 2 aliphatic heterocycles. The molecule has 29 heavy (non-hydrogen) atoms. The fraction of sp³-hybridized carbons (Fsp3) is 0.286. The second kappa shape index (κ2) is 7.46. The van der Waals surface area contributed by atoms with Crippen LogP contribution in [-0.4, -0.2) is 38.0 Å². The SMILES string of the molecule is COc1ccccc1N1CC(C(=O)Nc2cc3c(cc2C(C)=O)OCO3)CC1=O. The van der Waals surface area contributed by atoms with Crippen molar-refractivity contribution in [3.8, 4) is 17.2 Å². The van der Waals surface area contributed by atoms with Gasteiger partial charge in [0.15, 0.2) is 17.3 Å². The quantitative estimate of drug-likeness (QED) is 0.781. The van der Waals surface area contributed by atoms with E-state index >= 15 is 0 Å². The second-order valence-corrected chi connectivity index (χ2v) is 6.87. The number of nitrogens with one attached hydrogen (secondary N) is 1. The molecule has 0 aromatic heterocycles. The maximum absolute atomic E-state index is 12.9.